The van der Waals surface area contributed by atoms with Crippen molar-refractivity contribution < 1.29 is 27.3 Å². The predicted molar refractivity (Wildman–Crippen MR) is 144 cm³/mol. The van der Waals surface area contributed by atoms with Crippen molar-refractivity contribution >= 4 is 33.2 Å². The summed E-state index contributed by atoms with van der Waals surface area (Å²) in [6.45, 7) is 2.58. The van der Waals surface area contributed by atoms with Gasteiger partial charge < -0.3 is 10.2 Å². The van der Waals surface area contributed by atoms with E-state index in [1.165, 1.54) is 67.6 Å². The van der Waals surface area contributed by atoms with E-state index in [1.54, 1.807) is 12.1 Å². The quantitative estimate of drug-likeness (QED) is 0.266. The summed E-state index contributed by atoms with van der Waals surface area (Å²) in [5, 5.41) is 14.1. The van der Waals surface area contributed by atoms with Gasteiger partial charge in [0, 0.05) is 30.8 Å². The van der Waals surface area contributed by atoms with Crippen molar-refractivity contribution in [3.05, 3.63) is 100 Å². The number of amides is 2. The molecule has 0 aromatic heterocycles. The first kappa shape index (κ1) is 29.2. The lowest BCUT2D eigenvalue weighted by atomic mass is 10.1. The highest BCUT2D eigenvalue weighted by Crippen LogP contribution is 2.27. The van der Waals surface area contributed by atoms with Gasteiger partial charge in [-0.1, -0.05) is 49.4 Å². The zero-order valence-electron chi connectivity index (χ0n) is 21.5. The van der Waals surface area contributed by atoms with Crippen LogP contribution >= 0.6 is 0 Å². The molecule has 3 rings (SSSR count). The van der Waals surface area contributed by atoms with Crippen LogP contribution < -0.4 is 9.62 Å². The highest BCUT2D eigenvalue weighted by atomic mass is 32.2. The minimum absolute atomic E-state index is 0.115. The Bertz CT molecular complexity index is 1430. The van der Waals surface area contributed by atoms with E-state index >= 15 is 0 Å². The fourth-order valence-electron chi connectivity index (χ4n) is 3.80. The van der Waals surface area contributed by atoms with Gasteiger partial charge in [-0.05, 0) is 37.6 Å². The number of carbonyl (C=O) groups is 2. The van der Waals surface area contributed by atoms with E-state index in [0.717, 1.165) is 15.3 Å². The number of rotatable bonds is 12. The van der Waals surface area contributed by atoms with Crippen LogP contribution in [0.4, 0.5) is 15.8 Å². The summed E-state index contributed by atoms with van der Waals surface area (Å²) in [5.41, 5.74) is -0.354. The molecule has 1 N–H and O–H groups in total. The summed E-state index contributed by atoms with van der Waals surface area (Å²) in [4.78, 5) is 38.2. The fourth-order valence-corrected chi connectivity index (χ4v) is 5.23. The van der Waals surface area contributed by atoms with Crippen molar-refractivity contribution in [2.45, 2.75) is 37.8 Å². The highest BCUT2D eigenvalue weighted by Gasteiger charge is 2.33. The molecule has 12 heteroatoms. The number of nitrogens with zero attached hydrogens (tertiary/aromatic N) is 3. The van der Waals surface area contributed by atoms with Crippen molar-refractivity contribution in [1.29, 1.82) is 0 Å². The topological polar surface area (TPSA) is 130 Å². The van der Waals surface area contributed by atoms with Crippen LogP contribution in [0.15, 0.2) is 83.8 Å². The van der Waals surface area contributed by atoms with Crippen LogP contribution in [0.1, 0.15) is 25.8 Å². The molecule has 1 unspecified atom stereocenters. The molecule has 0 bridgehead atoms. The van der Waals surface area contributed by atoms with Crippen molar-refractivity contribution in [2.24, 2.45) is 0 Å². The fraction of sp³-hybridized carbons (Fsp3) is 0.259. The maximum atomic E-state index is 14.5. The zero-order chi connectivity index (χ0) is 28.6. The molecule has 0 spiro atoms. The van der Waals surface area contributed by atoms with Crippen molar-refractivity contribution in [1.82, 2.24) is 10.2 Å². The van der Waals surface area contributed by atoms with Gasteiger partial charge in [0.1, 0.15) is 18.4 Å². The number of nitro benzene ring substituents is 1. The zero-order valence-corrected chi connectivity index (χ0v) is 22.3. The average Bonchev–Trinajstić information content (AvgIpc) is 2.94. The number of hydrogen-bond donors (Lipinski definition) is 1. The van der Waals surface area contributed by atoms with Crippen molar-refractivity contribution in [3.8, 4) is 0 Å². The molecular weight excluding hydrogens is 527 g/mol. The third kappa shape index (κ3) is 7.17. The molecule has 3 aromatic rings. The molecule has 0 aliphatic heterocycles. The molecule has 0 saturated carbocycles. The number of benzene rings is 3. The standard InChI is InChI=1S/C27H29FN4O6S/c1-3-16-29-27(34)20(2)30(18-21-10-7-8-15-25(21)28)26(33)19-31(22-11-9-12-23(17-22)32(35)36)39(37,38)24-13-5-4-6-14-24/h4-15,17,20H,3,16,18-19H2,1-2H3,(H,29,34). The third-order valence-electron chi connectivity index (χ3n) is 5.95. The van der Waals surface area contributed by atoms with Crippen LogP contribution in [0, 0.1) is 15.9 Å². The molecule has 2 amide bonds. The molecule has 0 fully saturated rings. The number of nitro groups is 1. The number of carbonyl (C=O) groups excluding carboxylic acids is 2. The normalized spacial score (nSPS) is 11.9. The first-order chi connectivity index (χ1) is 18.6. The number of non-ortho nitro benzene ring substituents is 1. The second-order valence-electron chi connectivity index (χ2n) is 8.68. The maximum Gasteiger partial charge on any atom is 0.271 e. The number of nitrogens with one attached hydrogen (secondary N) is 1. The molecule has 0 radical (unpaired) electrons. The van der Waals surface area contributed by atoms with Crippen molar-refractivity contribution in [3.63, 3.8) is 0 Å². The largest absolute Gasteiger partial charge is 0.354 e. The van der Waals surface area contributed by atoms with E-state index in [4.69, 9.17) is 0 Å². The van der Waals surface area contributed by atoms with Gasteiger partial charge >= 0.3 is 0 Å². The monoisotopic (exact) mass is 556 g/mol. The Morgan fingerprint density at radius 1 is 1.03 bits per heavy atom. The molecule has 0 heterocycles. The summed E-state index contributed by atoms with van der Waals surface area (Å²) < 4.78 is 42.6. The Kier molecular flexibility index (Phi) is 9.72. The Morgan fingerprint density at radius 2 is 1.69 bits per heavy atom. The minimum Gasteiger partial charge on any atom is -0.354 e. The summed E-state index contributed by atoms with van der Waals surface area (Å²) in [6, 6.07) is 16.9. The van der Waals surface area contributed by atoms with Crippen LogP contribution in [-0.4, -0.2) is 49.2 Å². The van der Waals surface area contributed by atoms with E-state index in [1.807, 2.05) is 6.92 Å². The SMILES string of the molecule is CCCNC(=O)C(C)N(Cc1ccccc1F)C(=O)CN(c1cccc([N+](=O)[O-])c1)S(=O)(=O)c1ccccc1. The van der Waals surface area contributed by atoms with Gasteiger partial charge in [0.05, 0.1) is 15.5 Å². The lowest BCUT2D eigenvalue weighted by molar-refractivity contribution is -0.384. The molecule has 10 nitrogen and oxygen atoms in total. The van der Waals surface area contributed by atoms with E-state index in [9.17, 15) is 32.5 Å². The Labute approximate surface area is 226 Å². The molecule has 0 saturated heterocycles. The molecule has 39 heavy (non-hydrogen) atoms. The lowest BCUT2D eigenvalue weighted by Gasteiger charge is -2.32. The summed E-state index contributed by atoms with van der Waals surface area (Å²) >= 11 is 0. The van der Waals surface area contributed by atoms with Gasteiger partial charge in [-0.15, -0.1) is 0 Å². The van der Waals surface area contributed by atoms with Crippen LogP contribution in [0.5, 0.6) is 0 Å². The third-order valence-corrected chi connectivity index (χ3v) is 7.74. The number of sulfonamides is 1. The summed E-state index contributed by atoms with van der Waals surface area (Å²) in [5.74, 6) is -1.89. The first-order valence-corrected chi connectivity index (χ1v) is 13.6. The Balaban J connectivity index is 2.06. The second-order valence-corrected chi connectivity index (χ2v) is 10.5. The number of hydrogen-bond acceptors (Lipinski definition) is 6. The van der Waals surface area contributed by atoms with Crippen molar-refractivity contribution in [2.75, 3.05) is 17.4 Å². The predicted octanol–water partition coefficient (Wildman–Crippen LogP) is 3.87. The average molecular weight is 557 g/mol. The van der Waals surface area contributed by atoms with Crippen LogP contribution in [0.2, 0.25) is 0 Å². The second kappa shape index (κ2) is 13.0. The summed E-state index contributed by atoms with van der Waals surface area (Å²) in [7, 11) is -4.38. The van der Waals surface area contributed by atoms with E-state index in [2.05, 4.69) is 5.32 Å². The van der Waals surface area contributed by atoms with Gasteiger partial charge in [-0.2, -0.15) is 0 Å². The van der Waals surface area contributed by atoms with Crippen LogP contribution in [0.25, 0.3) is 0 Å². The Morgan fingerprint density at radius 3 is 2.33 bits per heavy atom. The van der Waals surface area contributed by atoms with Gasteiger partial charge in [0.25, 0.3) is 15.7 Å². The van der Waals surface area contributed by atoms with Gasteiger partial charge in [0.2, 0.25) is 11.8 Å². The lowest BCUT2D eigenvalue weighted by Crippen LogP contribution is -2.51. The molecular formula is C27H29FN4O6S. The Hall–Kier alpha value is -4.32. The van der Waals surface area contributed by atoms with Gasteiger partial charge in [-0.25, -0.2) is 12.8 Å². The van der Waals surface area contributed by atoms with E-state index < -0.39 is 45.2 Å². The highest BCUT2D eigenvalue weighted by molar-refractivity contribution is 7.92. The van der Waals surface area contributed by atoms with E-state index in [0.29, 0.717) is 13.0 Å². The number of anilines is 1. The molecule has 1 atom stereocenters. The first-order valence-electron chi connectivity index (χ1n) is 12.2. The number of halogens is 1. The minimum atomic E-state index is -4.38. The van der Waals surface area contributed by atoms with Crippen LogP contribution in [-0.2, 0) is 26.2 Å². The molecule has 206 valence electrons. The summed E-state index contributed by atoms with van der Waals surface area (Å²) in [6.07, 6.45) is 0.648. The smallest absolute Gasteiger partial charge is 0.271 e. The molecule has 0 aliphatic rings. The van der Waals surface area contributed by atoms with Gasteiger partial charge in [-0.3, -0.25) is 24.0 Å². The van der Waals surface area contributed by atoms with Gasteiger partial charge in [0.15, 0.2) is 0 Å². The van der Waals surface area contributed by atoms with Crippen LogP contribution in [0.3, 0.4) is 0 Å². The van der Waals surface area contributed by atoms with E-state index in [-0.39, 0.29) is 28.4 Å². The molecule has 0 aliphatic carbocycles. The molecule has 3 aromatic carbocycles. The maximum absolute atomic E-state index is 14.5.